The normalized spacial score (nSPS) is 20.6. The molecule has 3 nitrogen and oxygen atoms in total. The van der Waals surface area contributed by atoms with Crippen molar-refractivity contribution in [2.75, 3.05) is 13.1 Å². The van der Waals surface area contributed by atoms with Gasteiger partial charge in [0.15, 0.2) is 0 Å². The van der Waals surface area contributed by atoms with Crippen LogP contribution in [0, 0.1) is 5.92 Å². The van der Waals surface area contributed by atoms with Crippen LogP contribution in [0.2, 0.25) is 0 Å². The summed E-state index contributed by atoms with van der Waals surface area (Å²) in [5, 5.41) is 6.43. The van der Waals surface area contributed by atoms with Gasteiger partial charge in [-0.2, -0.15) is 0 Å². The monoisotopic (exact) mass is 274 g/mol. The molecule has 0 radical (unpaired) electrons. The van der Waals surface area contributed by atoms with Crippen molar-refractivity contribution in [3.63, 3.8) is 0 Å². The Hall–Kier alpha value is -1.35. The first kappa shape index (κ1) is 15.0. The summed E-state index contributed by atoms with van der Waals surface area (Å²) in [4.78, 5) is 12.2. The third kappa shape index (κ3) is 4.07. The van der Waals surface area contributed by atoms with E-state index in [1.165, 1.54) is 12.0 Å². The van der Waals surface area contributed by atoms with Crippen molar-refractivity contribution in [3.05, 3.63) is 35.9 Å². The average molecular weight is 274 g/mol. The molecular weight excluding hydrogens is 248 g/mol. The van der Waals surface area contributed by atoms with Crippen molar-refractivity contribution in [1.29, 1.82) is 0 Å². The number of rotatable bonds is 5. The van der Waals surface area contributed by atoms with Gasteiger partial charge in [0.1, 0.15) is 0 Å². The molecule has 0 aliphatic carbocycles. The number of carbonyl (C=O) groups is 1. The molecule has 20 heavy (non-hydrogen) atoms. The second-order valence-electron chi connectivity index (χ2n) is 6.01. The van der Waals surface area contributed by atoms with Crippen LogP contribution in [0.1, 0.15) is 44.6 Å². The molecule has 1 saturated heterocycles. The van der Waals surface area contributed by atoms with Crippen molar-refractivity contribution < 1.29 is 4.79 Å². The van der Waals surface area contributed by atoms with E-state index < -0.39 is 0 Å². The Bertz CT molecular complexity index is 410. The Morgan fingerprint density at radius 1 is 1.30 bits per heavy atom. The second-order valence-corrected chi connectivity index (χ2v) is 6.01. The summed E-state index contributed by atoms with van der Waals surface area (Å²) in [6.07, 6.45) is 3.29. The van der Waals surface area contributed by atoms with Crippen LogP contribution in [0.25, 0.3) is 0 Å². The highest BCUT2D eigenvalue weighted by atomic mass is 16.2. The zero-order valence-electron chi connectivity index (χ0n) is 12.6. The third-order valence-corrected chi connectivity index (χ3v) is 4.16. The third-order valence-electron chi connectivity index (χ3n) is 4.16. The molecule has 1 aromatic carbocycles. The zero-order chi connectivity index (χ0) is 14.4. The van der Waals surface area contributed by atoms with Gasteiger partial charge in [-0.15, -0.1) is 0 Å². The van der Waals surface area contributed by atoms with Gasteiger partial charge < -0.3 is 10.6 Å². The predicted molar refractivity (Wildman–Crippen MR) is 82.7 cm³/mol. The maximum absolute atomic E-state index is 12.2. The molecule has 2 rings (SSSR count). The maximum atomic E-state index is 12.2. The Morgan fingerprint density at radius 2 is 2.05 bits per heavy atom. The lowest BCUT2D eigenvalue weighted by Crippen LogP contribution is -2.47. The van der Waals surface area contributed by atoms with Crippen LogP contribution in [-0.4, -0.2) is 25.0 Å². The number of benzene rings is 1. The molecule has 2 atom stereocenters. The Kier molecular flexibility index (Phi) is 5.60. The van der Waals surface area contributed by atoms with E-state index in [9.17, 15) is 4.79 Å². The topological polar surface area (TPSA) is 41.1 Å². The van der Waals surface area contributed by atoms with E-state index in [-0.39, 0.29) is 11.9 Å². The fraction of sp³-hybridized carbons (Fsp3) is 0.588. The number of hydrogen-bond donors (Lipinski definition) is 2. The van der Waals surface area contributed by atoms with Crippen molar-refractivity contribution in [1.82, 2.24) is 10.6 Å². The molecule has 2 unspecified atom stereocenters. The maximum Gasteiger partial charge on any atom is 0.237 e. The Labute approximate surface area is 122 Å². The van der Waals surface area contributed by atoms with Crippen LogP contribution in [0.5, 0.6) is 0 Å². The predicted octanol–water partition coefficient (Wildman–Crippen LogP) is 2.68. The molecule has 2 N–H and O–H groups in total. The number of hydrogen-bond acceptors (Lipinski definition) is 2. The minimum absolute atomic E-state index is 0.00679. The molecule has 3 heteroatoms. The number of amides is 1. The van der Waals surface area contributed by atoms with E-state index in [4.69, 9.17) is 0 Å². The average Bonchev–Trinajstić information content (AvgIpc) is 2.49. The molecule has 110 valence electrons. The van der Waals surface area contributed by atoms with Crippen molar-refractivity contribution in [3.8, 4) is 0 Å². The second kappa shape index (κ2) is 7.44. The van der Waals surface area contributed by atoms with E-state index in [0.717, 1.165) is 25.9 Å². The molecule has 0 spiro atoms. The standard InChI is InChI=1S/C17H26N2O/c1-13(2)15(14-8-4-3-5-9-14)12-19-17(20)16-10-6-7-11-18-16/h3-5,8-9,13,15-16,18H,6-7,10-12H2,1-2H3,(H,19,20). The fourth-order valence-electron chi connectivity index (χ4n) is 2.85. The van der Waals surface area contributed by atoms with Gasteiger partial charge in [0, 0.05) is 12.5 Å². The van der Waals surface area contributed by atoms with Gasteiger partial charge in [0.25, 0.3) is 0 Å². The van der Waals surface area contributed by atoms with Gasteiger partial charge in [-0.3, -0.25) is 4.79 Å². The lowest BCUT2D eigenvalue weighted by atomic mass is 9.88. The summed E-state index contributed by atoms with van der Waals surface area (Å²) in [7, 11) is 0. The van der Waals surface area contributed by atoms with E-state index in [1.54, 1.807) is 0 Å². The molecule has 1 aromatic rings. The summed E-state index contributed by atoms with van der Waals surface area (Å²) in [5.74, 6) is 1.05. The molecule has 1 fully saturated rings. The molecular formula is C17H26N2O. The zero-order valence-corrected chi connectivity index (χ0v) is 12.6. The molecule has 0 bridgehead atoms. The van der Waals surface area contributed by atoms with Crippen LogP contribution in [-0.2, 0) is 4.79 Å². The van der Waals surface area contributed by atoms with Crippen LogP contribution < -0.4 is 10.6 Å². The Morgan fingerprint density at radius 3 is 2.65 bits per heavy atom. The van der Waals surface area contributed by atoms with Gasteiger partial charge >= 0.3 is 0 Å². The molecule has 0 aromatic heterocycles. The quantitative estimate of drug-likeness (QED) is 0.867. The van der Waals surface area contributed by atoms with Crippen LogP contribution in [0.3, 0.4) is 0 Å². The lowest BCUT2D eigenvalue weighted by molar-refractivity contribution is -0.123. The van der Waals surface area contributed by atoms with Crippen LogP contribution >= 0.6 is 0 Å². The largest absolute Gasteiger partial charge is 0.354 e. The number of nitrogens with one attached hydrogen (secondary N) is 2. The molecule has 1 aliphatic rings. The summed E-state index contributed by atoms with van der Waals surface area (Å²) in [6.45, 7) is 6.11. The van der Waals surface area contributed by atoms with E-state index in [2.05, 4.69) is 48.7 Å². The van der Waals surface area contributed by atoms with Crippen molar-refractivity contribution in [2.45, 2.75) is 45.1 Å². The summed E-state index contributed by atoms with van der Waals surface area (Å²) in [5.41, 5.74) is 1.31. The van der Waals surface area contributed by atoms with Crippen LogP contribution in [0.15, 0.2) is 30.3 Å². The summed E-state index contributed by atoms with van der Waals surface area (Å²) in [6, 6.07) is 10.5. The first-order chi connectivity index (χ1) is 9.68. The summed E-state index contributed by atoms with van der Waals surface area (Å²) < 4.78 is 0. The SMILES string of the molecule is CC(C)C(CNC(=O)C1CCCCN1)c1ccccc1. The van der Waals surface area contributed by atoms with E-state index >= 15 is 0 Å². The highest BCUT2D eigenvalue weighted by Crippen LogP contribution is 2.23. The van der Waals surface area contributed by atoms with Gasteiger partial charge in [-0.25, -0.2) is 0 Å². The fourth-order valence-corrected chi connectivity index (χ4v) is 2.85. The van der Waals surface area contributed by atoms with Gasteiger partial charge in [0.2, 0.25) is 5.91 Å². The highest BCUT2D eigenvalue weighted by Gasteiger charge is 2.22. The van der Waals surface area contributed by atoms with E-state index in [0.29, 0.717) is 11.8 Å². The lowest BCUT2D eigenvalue weighted by Gasteiger charge is -2.26. The minimum atomic E-state index is 0.00679. The molecule has 1 aliphatic heterocycles. The molecule has 1 amide bonds. The Balaban J connectivity index is 1.91. The van der Waals surface area contributed by atoms with Gasteiger partial charge in [-0.1, -0.05) is 50.6 Å². The minimum Gasteiger partial charge on any atom is -0.354 e. The molecule has 0 saturated carbocycles. The summed E-state index contributed by atoms with van der Waals surface area (Å²) >= 11 is 0. The smallest absolute Gasteiger partial charge is 0.237 e. The van der Waals surface area contributed by atoms with Gasteiger partial charge in [-0.05, 0) is 30.9 Å². The first-order valence-electron chi connectivity index (χ1n) is 7.74. The van der Waals surface area contributed by atoms with Crippen molar-refractivity contribution in [2.24, 2.45) is 5.92 Å². The van der Waals surface area contributed by atoms with E-state index in [1.807, 2.05) is 6.07 Å². The molecule has 1 heterocycles. The first-order valence-corrected chi connectivity index (χ1v) is 7.74. The highest BCUT2D eigenvalue weighted by molar-refractivity contribution is 5.81. The van der Waals surface area contributed by atoms with Gasteiger partial charge in [0.05, 0.1) is 6.04 Å². The number of piperidine rings is 1. The van der Waals surface area contributed by atoms with Crippen LogP contribution in [0.4, 0.5) is 0 Å². The number of carbonyl (C=O) groups excluding carboxylic acids is 1. The van der Waals surface area contributed by atoms with Crippen molar-refractivity contribution >= 4 is 5.91 Å².